The highest BCUT2D eigenvalue weighted by Crippen LogP contribution is 2.34. The summed E-state index contributed by atoms with van der Waals surface area (Å²) in [7, 11) is 4.29. The van der Waals surface area contributed by atoms with Crippen molar-refractivity contribution < 1.29 is 4.79 Å². The highest BCUT2D eigenvalue weighted by molar-refractivity contribution is 14.0. The Morgan fingerprint density at radius 2 is 2.00 bits per heavy atom. The van der Waals surface area contributed by atoms with Crippen LogP contribution in [0.25, 0.3) is 0 Å². The van der Waals surface area contributed by atoms with E-state index in [1.165, 1.54) is 12.8 Å². The number of likely N-dealkylation sites (N-methyl/N-ethyl adjacent to an activating group) is 1. The Bertz CT molecular complexity index is 423. The molecule has 140 valence electrons. The Labute approximate surface area is 163 Å². The van der Waals surface area contributed by atoms with Crippen LogP contribution in [0.15, 0.2) is 4.99 Å². The first-order chi connectivity index (χ1) is 11.0. The van der Waals surface area contributed by atoms with E-state index in [-0.39, 0.29) is 29.9 Å². The molecule has 7 heteroatoms. The largest absolute Gasteiger partial charge is 0.357 e. The quantitative estimate of drug-likeness (QED) is 0.350. The second-order valence-corrected chi connectivity index (χ2v) is 6.91. The van der Waals surface area contributed by atoms with Crippen LogP contribution in [0.1, 0.15) is 39.5 Å². The van der Waals surface area contributed by atoms with Crippen molar-refractivity contribution in [3.05, 3.63) is 0 Å². The van der Waals surface area contributed by atoms with Gasteiger partial charge in [0.2, 0.25) is 5.91 Å². The van der Waals surface area contributed by atoms with Crippen LogP contribution in [0.2, 0.25) is 0 Å². The first-order valence-corrected chi connectivity index (χ1v) is 9.04. The summed E-state index contributed by atoms with van der Waals surface area (Å²) in [5, 5.41) is 6.84. The topological polar surface area (TPSA) is 60.0 Å². The average molecular weight is 451 g/mol. The Kier molecular flexibility index (Phi) is 9.33. The molecule has 2 rings (SSSR count). The van der Waals surface area contributed by atoms with Gasteiger partial charge in [-0.25, -0.2) is 0 Å². The maximum absolute atomic E-state index is 11.8. The van der Waals surface area contributed by atoms with E-state index in [0.29, 0.717) is 18.5 Å². The summed E-state index contributed by atoms with van der Waals surface area (Å²) >= 11 is 0. The van der Waals surface area contributed by atoms with Gasteiger partial charge >= 0.3 is 0 Å². The standard InChI is InChI=1S/C17H33N5O.HI/c1-5-16(23)22-10-9-14(12-22)20-17(18-6-2)19-11-15(21(3)4)13-7-8-13;/h13-15H,5-12H2,1-4H3,(H2,18,19,20);1H. The molecule has 1 saturated carbocycles. The molecule has 1 amide bonds. The monoisotopic (exact) mass is 451 g/mol. The molecular weight excluding hydrogens is 417 g/mol. The fourth-order valence-corrected chi connectivity index (χ4v) is 3.24. The second kappa shape index (κ2) is 10.4. The Balaban J connectivity index is 0.00000288. The Morgan fingerprint density at radius 3 is 2.54 bits per heavy atom. The first kappa shape index (κ1) is 21.5. The van der Waals surface area contributed by atoms with Crippen molar-refractivity contribution in [1.29, 1.82) is 0 Å². The molecule has 0 aromatic carbocycles. The molecule has 2 unspecified atom stereocenters. The van der Waals surface area contributed by atoms with Crippen molar-refractivity contribution >= 4 is 35.8 Å². The predicted octanol–water partition coefficient (Wildman–Crippen LogP) is 1.51. The highest BCUT2D eigenvalue weighted by Gasteiger charge is 2.32. The number of hydrogen-bond donors (Lipinski definition) is 2. The summed E-state index contributed by atoms with van der Waals surface area (Å²) < 4.78 is 0. The number of rotatable bonds is 7. The summed E-state index contributed by atoms with van der Waals surface area (Å²) in [6.45, 7) is 7.34. The van der Waals surface area contributed by atoms with Gasteiger partial charge in [-0.3, -0.25) is 9.79 Å². The van der Waals surface area contributed by atoms with Crippen molar-refractivity contribution in [2.75, 3.05) is 40.3 Å². The van der Waals surface area contributed by atoms with Crippen LogP contribution in [0, 0.1) is 5.92 Å². The molecular formula is C17H34IN5O. The van der Waals surface area contributed by atoms with Gasteiger partial charge in [-0.05, 0) is 46.2 Å². The number of carbonyl (C=O) groups is 1. The molecule has 1 aliphatic carbocycles. The normalized spacial score (nSPS) is 22.3. The third kappa shape index (κ3) is 6.38. The van der Waals surface area contributed by atoms with Crippen LogP contribution in [0.3, 0.4) is 0 Å². The van der Waals surface area contributed by atoms with Gasteiger partial charge in [0.15, 0.2) is 5.96 Å². The maximum atomic E-state index is 11.8. The smallest absolute Gasteiger partial charge is 0.222 e. The van der Waals surface area contributed by atoms with Gasteiger partial charge in [0.05, 0.1) is 6.54 Å². The molecule has 2 N–H and O–H groups in total. The second-order valence-electron chi connectivity index (χ2n) is 6.91. The van der Waals surface area contributed by atoms with Crippen molar-refractivity contribution in [2.45, 2.75) is 51.6 Å². The Morgan fingerprint density at radius 1 is 1.29 bits per heavy atom. The van der Waals surface area contributed by atoms with E-state index >= 15 is 0 Å². The number of guanidine groups is 1. The van der Waals surface area contributed by atoms with E-state index < -0.39 is 0 Å². The fourth-order valence-electron chi connectivity index (χ4n) is 3.24. The molecule has 1 aliphatic heterocycles. The van der Waals surface area contributed by atoms with Crippen LogP contribution in [0.4, 0.5) is 0 Å². The molecule has 0 bridgehead atoms. The molecule has 2 atom stereocenters. The van der Waals surface area contributed by atoms with E-state index in [9.17, 15) is 4.79 Å². The van der Waals surface area contributed by atoms with E-state index in [1.54, 1.807) is 0 Å². The van der Waals surface area contributed by atoms with Gasteiger partial charge < -0.3 is 20.4 Å². The summed E-state index contributed by atoms with van der Waals surface area (Å²) in [6, 6.07) is 0.842. The fraction of sp³-hybridized carbons (Fsp3) is 0.882. The first-order valence-electron chi connectivity index (χ1n) is 9.04. The minimum absolute atomic E-state index is 0. The molecule has 6 nitrogen and oxygen atoms in total. The van der Waals surface area contributed by atoms with Crippen LogP contribution in [-0.4, -0.2) is 74.0 Å². The summed E-state index contributed by atoms with van der Waals surface area (Å²) in [4.78, 5) is 20.8. The lowest BCUT2D eigenvalue weighted by Gasteiger charge is -2.23. The lowest BCUT2D eigenvalue weighted by Crippen LogP contribution is -2.45. The number of hydrogen-bond acceptors (Lipinski definition) is 3. The highest BCUT2D eigenvalue weighted by atomic mass is 127. The zero-order valence-electron chi connectivity index (χ0n) is 15.5. The summed E-state index contributed by atoms with van der Waals surface area (Å²) in [5.41, 5.74) is 0. The predicted molar refractivity (Wildman–Crippen MR) is 110 cm³/mol. The molecule has 0 aromatic rings. The van der Waals surface area contributed by atoms with Crippen LogP contribution < -0.4 is 10.6 Å². The molecule has 2 fully saturated rings. The van der Waals surface area contributed by atoms with Gasteiger partial charge in [0.25, 0.3) is 0 Å². The molecule has 2 aliphatic rings. The molecule has 1 heterocycles. The van der Waals surface area contributed by atoms with Crippen LogP contribution in [-0.2, 0) is 4.79 Å². The third-order valence-corrected chi connectivity index (χ3v) is 4.79. The third-order valence-electron chi connectivity index (χ3n) is 4.79. The van der Waals surface area contributed by atoms with Crippen LogP contribution >= 0.6 is 24.0 Å². The van der Waals surface area contributed by atoms with E-state index in [2.05, 4.69) is 36.6 Å². The van der Waals surface area contributed by atoms with Gasteiger partial charge in [-0.2, -0.15) is 0 Å². The minimum atomic E-state index is 0. The van der Waals surface area contributed by atoms with Gasteiger partial charge in [-0.15, -0.1) is 24.0 Å². The number of amides is 1. The van der Waals surface area contributed by atoms with Crippen molar-refractivity contribution in [3.8, 4) is 0 Å². The molecule has 24 heavy (non-hydrogen) atoms. The maximum Gasteiger partial charge on any atom is 0.222 e. The number of carbonyl (C=O) groups excluding carboxylic acids is 1. The molecule has 0 radical (unpaired) electrons. The lowest BCUT2D eigenvalue weighted by molar-refractivity contribution is -0.129. The van der Waals surface area contributed by atoms with Gasteiger partial charge in [0, 0.05) is 38.1 Å². The number of aliphatic imine (C=N–C) groups is 1. The summed E-state index contributed by atoms with van der Waals surface area (Å²) in [6.07, 6.45) is 4.25. The molecule has 0 aromatic heterocycles. The zero-order chi connectivity index (χ0) is 16.8. The molecule has 0 spiro atoms. The number of nitrogens with one attached hydrogen (secondary N) is 2. The van der Waals surface area contributed by atoms with E-state index in [1.807, 2.05) is 11.8 Å². The van der Waals surface area contributed by atoms with Gasteiger partial charge in [0.1, 0.15) is 0 Å². The molecule has 1 saturated heterocycles. The number of halogens is 1. The van der Waals surface area contributed by atoms with E-state index in [4.69, 9.17) is 4.99 Å². The summed E-state index contributed by atoms with van der Waals surface area (Å²) in [5.74, 6) is 1.94. The SMILES string of the molecule is CCNC(=NCC(C1CC1)N(C)C)NC1CCN(C(=O)CC)C1.I. The number of likely N-dealkylation sites (tertiary alicyclic amines) is 1. The number of nitrogens with zero attached hydrogens (tertiary/aromatic N) is 3. The van der Waals surface area contributed by atoms with Crippen molar-refractivity contribution in [3.63, 3.8) is 0 Å². The van der Waals surface area contributed by atoms with E-state index in [0.717, 1.165) is 44.5 Å². The van der Waals surface area contributed by atoms with Gasteiger partial charge in [-0.1, -0.05) is 6.92 Å². The van der Waals surface area contributed by atoms with Crippen molar-refractivity contribution in [2.24, 2.45) is 10.9 Å². The zero-order valence-corrected chi connectivity index (χ0v) is 17.9. The Hall–Kier alpha value is -0.570. The van der Waals surface area contributed by atoms with Crippen LogP contribution in [0.5, 0.6) is 0 Å². The lowest BCUT2D eigenvalue weighted by atomic mass is 10.2. The average Bonchev–Trinajstić information content (AvgIpc) is 3.24. The van der Waals surface area contributed by atoms with Crippen molar-refractivity contribution in [1.82, 2.24) is 20.4 Å². The minimum Gasteiger partial charge on any atom is -0.357 e.